The lowest BCUT2D eigenvalue weighted by Gasteiger charge is -2.16. The summed E-state index contributed by atoms with van der Waals surface area (Å²) in [5, 5.41) is 0. The number of unbranched alkanes of at least 4 members (excludes halogenated alkanes) is 3. The van der Waals surface area contributed by atoms with Crippen LogP contribution < -0.4 is 0 Å². The molecule has 94 valence electrons. The number of hydrogen-bond acceptors (Lipinski definition) is 2. The van der Waals surface area contributed by atoms with Crippen LogP contribution in [-0.4, -0.2) is 12.1 Å². The van der Waals surface area contributed by atoms with E-state index in [0.717, 1.165) is 19.1 Å². The third-order valence-corrected chi connectivity index (χ3v) is 3.30. The second kappa shape index (κ2) is 9.56. The average molecular weight is 226 g/mol. The number of Topliss-reactive ketones (excluding diaryl/α,β-unsaturated/α-hetero) is 1. The van der Waals surface area contributed by atoms with Crippen LogP contribution in [-0.2, 0) is 9.59 Å². The van der Waals surface area contributed by atoms with Gasteiger partial charge in [0.25, 0.3) is 0 Å². The van der Waals surface area contributed by atoms with Crippen molar-refractivity contribution in [2.75, 3.05) is 0 Å². The summed E-state index contributed by atoms with van der Waals surface area (Å²) in [5.41, 5.74) is 0. The Kier molecular flexibility index (Phi) is 9.16. The largest absolute Gasteiger partial charge is 0.303 e. The first-order chi connectivity index (χ1) is 7.61. The molecule has 0 spiro atoms. The molecule has 0 bridgehead atoms. The third-order valence-electron chi connectivity index (χ3n) is 3.30. The minimum atomic E-state index is 0.331. The van der Waals surface area contributed by atoms with E-state index in [1.165, 1.54) is 19.3 Å². The van der Waals surface area contributed by atoms with Crippen LogP contribution in [0.3, 0.4) is 0 Å². The lowest BCUT2D eigenvalue weighted by molar-refractivity contribution is -0.120. The molecule has 0 heterocycles. The monoisotopic (exact) mass is 226 g/mol. The van der Waals surface area contributed by atoms with Gasteiger partial charge in [-0.3, -0.25) is 4.79 Å². The van der Waals surface area contributed by atoms with Crippen LogP contribution in [0, 0.1) is 11.8 Å². The first kappa shape index (κ1) is 15.3. The maximum Gasteiger partial charge on any atom is 0.133 e. The molecule has 0 N–H and O–H groups in total. The summed E-state index contributed by atoms with van der Waals surface area (Å²) in [5.74, 6) is 1.03. The Labute approximate surface area is 99.8 Å². The summed E-state index contributed by atoms with van der Waals surface area (Å²) in [6, 6.07) is 0. The molecule has 0 aliphatic carbocycles. The fourth-order valence-corrected chi connectivity index (χ4v) is 1.80. The highest BCUT2D eigenvalue weighted by Gasteiger charge is 2.15. The number of hydrogen-bond donors (Lipinski definition) is 0. The average Bonchev–Trinajstić information content (AvgIpc) is 2.24. The Balaban J connectivity index is 3.65. The summed E-state index contributed by atoms with van der Waals surface area (Å²) in [6.45, 7) is 6.28. The first-order valence-electron chi connectivity index (χ1n) is 6.57. The molecule has 0 aromatic heterocycles. The molecule has 0 rings (SSSR count). The van der Waals surface area contributed by atoms with Crippen LogP contribution in [0.2, 0.25) is 0 Å². The standard InChI is InChI=1S/C14H26O2/c1-4-5-6-7-8-14(16)11-13(3)12(2)9-10-15/h10,12-13H,4-9,11H2,1-3H3. The van der Waals surface area contributed by atoms with Gasteiger partial charge in [0, 0.05) is 19.3 Å². The van der Waals surface area contributed by atoms with Crippen LogP contribution in [0.25, 0.3) is 0 Å². The van der Waals surface area contributed by atoms with Crippen molar-refractivity contribution < 1.29 is 9.59 Å². The molecule has 0 aromatic carbocycles. The normalized spacial score (nSPS) is 14.4. The molecular weight excluding hydrogens is 200 g/mol. The second-order valence-corrected chi connectivity index (χ2v) is 4.91. The van der Waals surface area contributed by atoms with E-state index in [1.807, 2.05) is 6.92 Å². The van der Waals surface area contributed by atoms with Gasteiger partial charge in [0.1, 0.15) is 12.1 Å². The Hall–Kier alpha value is -0.660. The van der Waals surface area contributed by atoms with E-state index in [4.69, 9.17) is 0 Å². The van der Waals surface area contributed by atoms with Gasteiger partial charge in [-0.1, -0.05) is 40.0 Å². The van der Waals surface area contributed by atoms with Crippen molar-refractivity contribution in [2.24, 2.45) is 11.8 Å². The zero-order chi connectivity index (χ0) is 12.4. The predicted octanol–water partition coefficient (Wildman–Crippen LogP) is 3.78. The zero-order valence-electron chi connectivity index (χ0n) is 11.0. The van der Waals surface area contributed by atoms with Crippen LogP contribution >= 0.6 is 0 Å². The molecule has 2 atom stereocenters. The van der Waals surface area contributed by atoms with E-state index in [1.54, 1.807) is 0 Å². The molecular formula is C14H26O2. The van der Waals surface area contributed by atoms with Crippen LogP contribution in [0.1, 0.15) is 65.7 Å². The number of carbonyl (C=O) groups is 2. The zero-order valence-corrected chi connectivity index (χ0v) is 11.0. The van der Waals surface area contributed by atoms with Gasteiger partial charge in [-0.05, 0) is 18.3 Å². The molecule has 2 nitrogen and oxygen atoms in total. The van der Waals surface area contributed by atoms with Crippen molar-refractivity contribution in [3.05, 3.63) is 0 Å². The molecule has 16 heavy (non-hydrogen) atoms. The van der Waals surface area contributed by atoms with Crippen molar-refractivity contribution in [3.8, 4) is 0 Å². The Bertz CT molecular complexity index is 199. The van der Waals surface area contributed by atoms with E-state index in [0.29, 0.717) is 30.5 Å². The van der Waals surface area contributed by atoms with E-state index < -0.39 is 0 Å². The van der Waals surface area contributed by atoms with Gasteiger partial charge >= 0.3 is 0 Å². The highest BCUT2D eigenvalue weighted by atomic mass is 16.1. The number of rotatable bonds is 10. The molecule has 0 amide bonds. The topological polar surface area (TPSA) is 34.1 Å². The molecule has 0 aromatic rings. The number of carbonyl (C=O) groups excluding carboxylic acids is 2. The van der Waals surface area contributed by atoms with Crippen LogP contribution in [0.4, 0.5) is 0 Å². The minimum absolute atomic E-state index is 0.331. The van der Waals surface area contributed by atoms with Gasteiger partial charge in [0.15, 0.2) is 0 Å². The third kappa shape index (κ3) is 7.61. The van der Waals surface area contributed by atoms with Crippen molar-refractivity contribution in [1.29, 1.82) is 0 Å². The highest BCUT2D eigenvalue weighted by molar-refractivity contribution is 5.78. The SMILES string of the molecule is CCCCCCC(=O)CC(C)C(C)CC=O. The molecule has 0 saturated carbocycles. The Morgan fingerprint density at radius 2 is 1.81 bits per heavy atom. The molecule has 0 aliphatic rings. The van der Waals surface area contributed by atoms with E-state index in [2.05, 4.69) is 13.8 Å². The number of aldehydes is 1. The van der Waals surface area contributed by atoms with Gasteiger partial charge in [-0.15, -0.1) is 0 Å². The smallest absolute Gasteiger partial charge is 0.133 e. The van der Waals surface area contributed by atoms with E-state index in [-0.39, 0.29) is 0 Å². The molecule has 0 fully saturated rings. The van der Waals surface area contributed by atoms with Gasteiger partial charge in [-0.2, -0.15) is 0 Å². The summed E-state index contributed by atoms with van der Waals surface area (Å²) in [7, 11) is 0. The lowest BCUT2D eigenvalue weighted by Crippen LogP contribution is -2.13. The summed E-state index contributed by atoms with van der Waals surface area (Å²) in [6.07, 6.45) is 7.52. The Morgan fingerprint density at radius 1 is 1.12 bits per heavy atom. The van der Waals surface area contributed by atoms with Gasteiger partial charge in [-0.25, -0.2) is 0 Å². The number of ketones is 1. The molecule has 0 radical (unpaired) electrons. The quantitative estimate of drug-likeness (QED) is 0.419. The molecule has 0 aliphatic heterocycles. The van der Waals surface area contributed by atoms with Crippen molar-refractivity contribution in [1.82, 2.24) is 0 Å². The van der Waals surface area contributed by atoms with Crippen molar-refractivity contribution in [3.63, 3.8) is 0 Å². The molecule has 2 unspecified atom stereocenters. The second-order valence-electron chi connectivity index (χ2n) is 4.91. The lowest BCUT2D eigenvalue weighted by atomic mass is 9.88. The summed E-state index contributed by atoms with van der Waals surface area (Å²) in [4.78, 5) is 22.0. The van der Waals surface area contributed by atoms with E-state index >= 15 is 0 Å². The van der Waals surface area contributed by atoms with Gasteiger partial charge in [0.05, 0.1) is 0 Å². The Morgan fingerprint density at radius 3 is 2.38 bits per heavy atom. The fraction of sp³-hybridized carbons (Fsp3) is 0.857. The van der Waals surface area contributed by atoms with Gasteiger partial charge in [0.2, 0.25) is 0 Å². The fourth-order valence-electron chi connectivity index (χ4n) is 1.80. The van der Waals surface area contributed by atoms with E-state index in [9.17, 15) is 9.59 Å². The molecule has 0 saturated heterocycles. The first-order valence-corrected chi connectivity index (χ1v) is 6.57. The summed E-state index contributed by atoms with van der Waals surface area (Å²) >= 11 is 0. The minimum Gasteiger partial charge on any atom is -0.303 e. The summed E-state index contributed by atoms with van der Waals surface area (Å²) < 4.78 is 0. The molecule has 2 heteroatoms. The van der Waals surface area contributed by atoms with Crippen molar-refractivity contribution in [2.45, 2.75) is 65.7 Å². The highest BCUT2D eigenvalue weighted by Crippen LogP contribution is 2.19. The maximum atomic E-state index is 11.6. The van der Waals surface area contributed by atoms with Crippen LogP contribution in [0.15, 0.2) is 0 Å². The maximum absolute atomic E-state index is 11.6. The van der Waals surface area contributed by atoms with Crippen LogP contribution in [0.5, 0.6) is 0 Å². The van der Waals surface area contributed by atoms with Gasteiger partial charge < -0.3 is 4.79 Å². The van der Waals surface area contributed by atoms with Crippen molar-refractivity contribution >= 4 is 12.1 Å². The predicted molar refractivity (Wildman–Crippen MR) is 67.4 cm³/mol.